The van der Waals surface area contributed by atoms with Gasteiger partial charge in [0.05, 0.1) is 6.61 Å². The number of rotatable bonds is 11. The zero-order valence-electron chi connectivity index (χ0n) is 21.2. The number of para-hydroxylation sites is 1. The Kier molecular flexibility index (Phi) is 8.69. The monoisotopic (exact) mass is 501 g/mol. The second-order valence-electron chi connectivity index (χ2n) is 9.14. The van der Waals surface area contributed by atoms with E-state index in [2.05, 4.69) is 11.1 Å². The summed E-state index contributed by atoms with van der Waals surface area (Å²) in [6.45, 7) is 3.29. The molecule has 0 saturated heterocycles. The summed E-state index contributed by atoms with van der Waals surface area (Å²) < 4.78 is 18.9. The Morgan fingerprint density at radius 3 is 2.49 bits per heavy atom. The number of halogens is 1. The molecule has 0 bridgehead atoms. The first-order chi connectivity index (χ1) is 17.9. The zero-order valence-corrected chi connectivity index (χ0v) is 21.2. The summed E-state index contributed by atoms with van der Waals surface area (Å²) in [6, 6.07) is 21.7. The first-order valence-electron chi connectivity index (χ1n) is 12.4. The predicted molar refractivity (Wildman–Crippen MR) is 143 cm³/mol. The SMILES string of the molecule is COCCN(CC(=O)N(CCc1c[nH]c2ccccc12)Cc1ccc(C)cc1)C(=O)c1cccc(F)c1. The fraction of sp³-hybridized carbons (Fsp3) is 0.267. The molecular formula is C30H32FN3O3. The number of nitrogens with zero attached hydrogens (tertiary/aromatic N) is 2. The van der Waals surface area contributed by atoms with Crippen molar-refractivity contribution in [2.24, 2.45) is 0 Å². The Balaban J connectivity index is 1.54. The lowest BCUT2D eigenvalue weighted by atomic mass is 10.1. The highest BCUT2D eigenvalue weighted by Crippen LogP contribution is 2.19. The second kappa shape index (κ2) is 12.3. The molecule has 0 unspecified atom stereocenters. The molecule has 0 aliphatic carbocycles. The number of amides is 2. The smallest absolute Gasteiger partial charge is 0.254 e. The molecule has 2 amide bonds. The number of H-pyrrole nitrogens is 1. The predicted octanol–water partition coefficient (Wildman–Crippen LogP) is 4.98. The van der Waals surface area contributed by atoms with Gasteiger partial charge in [0.2, 0.25) is 5.91 Å². The van der Waals surface area contributed by atoms with Gasteiger partial charge in [0.15, 0.2) is 0 Å². The van der Waals surface area contributed by atoms with Crippen LogP contribution in [0.15, 0.2) is 79.0 Å². The quantitative estimate of drug-likeness (QED) is 0.315. The van der Waals surface area contributed by atoms with Crippen LogP contribution in [0.2, 0.25) is 0 Å². The minimum absolute atomic E-state index is 0.127. The lowest BCUT2D eigenvalue weighted by molar-refractivity contribution is -0.132. The number of aromatic nitrogens is 1. The molecule has 0 fully saturated rings. The molecule has 0 aliphatic rings. The minimum Gasteiger partial charge on any atom is -0.383 e. The van der Waals surface area contributed by atoms with Gasteiger partial charge in [-0.1, -0.05) is 54.1 Å². The van der Waals surface area contributed by atoms with Gasteiger partial charge in [-0.25, -0.2) is 4.39 Å². The number of hydrogen-bond acceptors (Lipinski definition) is 3. The van der Waals surface area contributed by atoms with Gasteiger partial charge in [0, 0.05) is 49.4 Å². The molecular weight excluding hydrogens is 469 g/mol. The van der Waals surface area contributed by atoms with Crippen LogP contribution in [0, 0.1) is 12.7 Å². The summed E-state index contributed by atoms with van der Waals surface area (Å²) in [5, 5.41) is 1.13. The van der Waals surface area contributed by atoms with Gasteiger partial charge in [0.1, 0.15) is 12.4 Å². The van der Waals surface area contributed by atoms with Crippen molar-refractivity contribution < 1.29 is 18.7 Å². The van der Waals surface area contributed by atoms with Gasteiger partial charge in [-0.15, -0.1) is 0 Å². The van der Waals surface area contributed by atoms with Crippen molar-refractivity contribution in [3.05, 3.63) is 107 Å². The van der Waals surface area contributed by atoms with Crippen LogP contribution < -0.4 is 0 Å². The van der Waals surface area contributed by atoms with Crippen molar-refractivity contribution in [1.29, 1.82) is 0 Å². The molecule has 192 valence electrons. The standard InChI is InChI=1S/C30H32FN3O3/c1-22-10-12-23(13-11-22)20-33(15-14-25-19-32-28-9-4-3-8-27(25)28)29(35)21-34(16-17-37-2)30(36)24-6-5-7-26(31)18-24/h3-13,18-19,32H,14-17,20-21H2,1-2H3. The van der Waals surface area contributed by atoms with Gasteiger partial charge in [0.25, 0.3) is 5.91 Å². The van der Waals surface area contributed by atoms with E-state index in [1.165, 1.54) is 30.2 Å². The number of carbonyl (C=O) groups is 2. The fourth-order valence-corrected chi connectivity index (χ4v) is 4.32. The lowest BCUT2D eigenvalue weighted by Crippen LogP contribution is -2.44. The molecule has 0 spiro atoms. The molecule has 3 aromatic carbocycles. The van der Waals surface area contributed by atoms with E-state index in [-0.39, 0.29) is 31.2 Å². The largest absolute Gasteiger partial charge is 0.383 e. The third-order valence-corrected chi connectivity index (χ3v) is 6.42. The zero-order chi connectivity index (χ0) is 26.2. The highest BCUT2D eigenvalue weighted by atomic mass is 19.1. The average Bonchev–Trinajstić information content (AvgIpc) is 3.32. The van der Waals surface area contributed by atoms with Crippen LogP contribution >= 0.6 is 0 Å². The van der Waals surface area contributed by atoms with E-state index in [1.807, 2.05) is 55.6 Å². The van der Waals surface area contributed by atoms with Crippen LogP contribution in [-0.2, 0) is 22.5 Å². The van der Waals surface area contributed by atoms with E-state index < -0.39 is 11.7 Å². The van der Waals surface area contributed by atoms with Gasteiger partial charge < -0.3 is 19.5 Å². The number of fused-ring (bicyclic) bond motifs is 1. The summed E-state index contributed by atoms with van der Waals surface area (Å²) in [4.78, 5) is 33.3. The summed E-state index contributed by atoms with van der Waals surface area (Å²) >= 11 is 0. The summed E-state index contributed by atoms with van der Waals surface area (Å²) in [6.07, 6.45) is 2.65. The van der Waals surface area contributed by atoms with Gasteiger partial charge in [-0.05, 0) is 48.7 Å². The number of nitrogens with one attached hydrogen (secondary N) is 1. The average molecular weight is 502 g/mol. The van der Waals surface area contributed by atoms with Crippen LogP contribution in [0.4, 0.5) is 4.39 Å². The Labute approximate surface area is 216 Å². The van der Waals surface area contributed by atoms with Gasteiger partial charge in [-0.2, -0.15) is 0 Å². The van der Waals surface area contributed by atoms with Crippen molar-refractivity contribution in [2.45, 2.75) is 19.9 Å². The topological polar surface area (TPSA) is 65.6 Å². The second-order valence-corrected chi connectivity index (χ2v) is 9.14. The molecule has 6 nitrogen and oxygen atoms in total. The number of benzene rings is 3. The highest BCUT2D eigenvalue weighted by molar-refractivity contribution is 5.96. The first-order valence-corrected chi connectivity index (χ1v) is 12.4. The Morgan fingerprint density at radius 2 is 1.73 bits per heavy atom. The molecule has 0 aliphatic heterocycles. The van der Waals surface area contributed by atoms with E-state index in [1.54, 1.807) is 11.0 Å². The highest BCUT2D eigenvalue weighted by Gasteiger charge is 2.23. The molecule has 0 radical (unpaired) electrons. The minimum atomic E-state index is -0.497. The van der Waals surface area contributed by atoms with Crippen molar-refractivity contribution >= 4 is 22.7 Å². The molecule has 1 heterocycles. The Hall–Kier alpha value is -3.97. The third kappa shape index (κ3) is 6.83. The molecule has 37 heavy (non-hydrogen) atoms. The number of aromatic amines is 1. The van der Waals surface area contributed by atoms with Crippen molar-refractivity contribution in [2.75, 3.05) is 33.4 Å². The molecule has 4 aromatic rings. The first kappa shape index (κ1) is 26.1. The van der Waals surface area contributed by atoms with Crippen molar-refractivity contribution in [3.63, 3.8) is 0 Å². The third-order valence-electron chi connectivity index (χ3n) is 6.42. The van der Waals surface area contributed by atoms with E-state index in [4.69, 9.17) is 4.74 Å². The van der Waals surface area contributed by atoms with Crippen LogP contribution in [0.3, 0.4) is 0 Å². The van der Waals surface area contributed by atoms with Crippen LogP contribution in [0.1, 0.15) is 27.0 Å². The fourth-order valence-electron chi connectivity index (χ4n) is 4.32. The summed E-state index contributed by atoms with van der Waals surface area (Å²) in [5.41, 5.74) is 4.54. The van der Waals surface area contributed by atoms with Crippen LogP contribution in [-0.4, -0.2) is 59.9 Å². The molecule has 1 N–H and O–H groups in total. The number of ether oxygens (including phenoxy) is 1. The summed E-state index contributed by atoms with van der Waals surface area (Å²) in [7, 11) is 1.54. The molecule has 0 atom stereocenters. The number of carbonyl (C=O) groups excluding carboxylic acids is 2. The van der Waals surface area contributed by atoms with E-state index >= 15 is 0 Å². The summed E-state index contributed by atoms with van der Waals surface area (Å²) in [5.74, 6) is -1.08. The molecule has 1 aromatic heterocycles. The van der Waals surface area contributed by atoms with Crippen molar-refractivity contribution in [3.8, 4) is 0 Å². The molecule has 0 saturated carbocycles. The number of aryl methyl sites for hydroxylation is 1. The van der Waals surface area contributed by atoms with Crippen molar-refractivity contribution in [1.82, 2.24) is 14.8 Å². The maximum Gasteiger partial charge on any atom is 0.254 e. The Morgan fingerprint density at radius 1 is 0.946 bits per heavy atom. The maximum atomic E-state index is 13.8. The Bertz CT molecular complexity index is 1350. The normalized spacial score (nSPS) is 11.0. The lowest BCUT2D eigenvalue weighted by Gasteiger charge is -2.28. The molecule has 4 rings (SSSR count). The van der Waals surface area contributed by atoms with E-state index in [0.717, 1.165) is 27.6 Å². The van der Waals surface area contributed by atoms with Crippen LogP contribution in [0.5, 0.6) is 0 Å². The molecule has 7 heteroatoms. The maximum absolute atomic E-state index is 13.8. The van der Waals surface area contributed by atoms with Gasteiger partial charge in [-0.3, -0.25) is 9.59 Å². The van der Waals surface area contributed by atoms with Crippen LogP contribution in [0.25, 0.3) is 10.9 Å². The van der Waals surface area contributed by atoms with E-state index in [0.29, 0.717) is 19.5 Å². The van der Waals surface area contributed by atoms with E-state index in [9.17, 15) is 14.0 Å². The van der Waals surface area contributed by atoms with Gasteiger partial charge >= 0.3 is 0 Å². The number of methoxy groups -OCH3 is 1. The number of hydrogen-bond donors (Lipinski definition) is 1.